The van der Waals surface area contributed by atoms with Gasteiger partial charge in [-0.05, 0) is 42.0 Å². The minimum atomic E-state index is -0.197. The number of carbonyl (C=O) groups excluding carboxylic acids is 1. The number of para-hydroxylation sites is 1. The van der Waals surface area contributed by atoms with Crippen molar-refractivity contribution in [1.29, 1.82) is 0 Å². The minimum absolute atomic E-state index is 0.197. The van der Waals surface area contributed by atoms with Gasteiger partial charge in [0.25, 0.3) is 5.91 Å². The van der Waals surface area contributed by atoms with Crippen molar-refractivity contribution < 1.29 is 19.0 Å². The number of fused-ring (bicyclic) bond motifs is 1. The van der Waals surface area contributed by atoms with Crippen LogP contribution in [0.5, 0.6) is 17.2 Å². The van der Waals surface area contributed by atoms with E-state index in [-0.39, 0.29) is 5.91 Å². The van der Waals surface area contributed by atoms with Crippen LogP contribution in [-0.2, 0) is 6.54 Å². The van der Waals surface area contributed by atoms with Crippen LogP contribution in [0.2, 0.25) is 5.02 Å². The number of nitrogens with zero attached hydrogens (tertiary/aromatic N) is 1. The number of hydrogen-bond donors (Lipinski definition) is 1. The van der Waals surface area contributed by atoms with Crippen LogP contribution in [0.25, 0.3) is 22.2 Å². The van der Waals surface area contributed by atoms with Crippen LogP contribution in [0.4, 0.5) is 0 Å². The molecule has 3 aromatic carbocycles. The van der Waals surface area contributed by atoms with Crippen molar-refractivity contribution in [2.45, 2.75) is 6.54 Å². The van der Waals surface area contributed by atoms with E-state index < -0.39 is 0 Å². The highest BCUT2D eigenvalue weighted by Gasteiger charge is 2.18. The van der Waals surface area contributed by atoms with Crippen molar-refractivity contribution in [3.05, 3.63) is 82.9 Å². The quantitative estimate of drug-likeness (QED) is 0.392. The molecule has 0 radical (unpaired) electrons. The molecule has 0 aliphatic rings. The van der Waals surface area contributed by atoms with Gasteiger partial charge < -0.3 is 19.5 Å². The smallest absolute Gasteiger partial charge is 0.252 e. The Hall–Kier alpha value is -3.77. The molecule has 1 amide bonds. The van der Waals surface area contributed by atoms with E-state index in [0.717, 1.165) is 16.5 Å². The molecule has 0 aliphatic carbocycles. The van der Waals surface area contributed by atoms with Crippen molar-refractivity contribution in [2.24, 2.45) is 0 Å². The Morgan fingerprint density at radius 1 is 0.909 bits per heavy atom. The number of hydrogen-bond acceptors (Lipinski definition) is 5. The lowest BCUT2D eigenvalue weighted by Crippen LogP contribution is -2.23. The average Bonchev–Trinajstić information content (AvgIpc) is 2.86. The van der Waals surface area contributed by atoms with Gasteiger partial charge >= 0.3 is 0 Å². The summed E-state index contributed by atoms with van der Waals surface area (Å²) in [5, 5.41) is 4.41. The number of carbonyl (C=O) groups is 1. The van der Waals surface area contributed by atoms with E-state index in [1.165, 1.54) is 0 Å². The molecule has 168 valence electrons. The lowest BCUT2D eigenvalue weighted by Gasteiger charge is -2.15. The van der Waals surface area contributed by atoms with E-state index in [4.69, 9.17) is 30.8 Å². The Morgan fingerprint density at radius 2 is 1.58 bits per heavy atom. The summed E-state index contributed by atoms with van der Waals surface area (Å²) in [6.07, 6.45) is 0. The fourth-order valence-corrected chi connectivity index (χ4v) is 3.75. The predicted octanol–water partition coefficient (Wildman–Crippen LogP) is 5.51. The topological polar surface area (TPSA) is 69.7 Å². The Morgan fingerprint density at radius 3 is 2.21 bits per heavy atom. The van der Waals surface area contributed by atoms with Gasteiger partial charge in [0, 0.05) is 22.5 Å². The predicted molar refractivity (Wildman–Crippen MR) is 129 cm³/mol. The normalized spacial score (nSPS) is 10.7. The number of aromatic nitrogens is 1. The van der Waals surface area contributed by atoms with Gasteiger partial charge in [-0.2, -0.15) is 0 Å². The molecular formula is C26H23ClN2O4. The third-order valence-electron chi connectivity index (χ3n) is 5.29. The number of ether oxygens (including phenoxy) is 3. The van der Waals surface area contributed by atoms with Crippen molar-refractivity contribution >= 4 is 28.4 Å². The monoisotopic (exact) mass is 462 g/mol. The van der Waals surface area contributed by atoms with Crippen LogP contribution in [0.3, 0.4) is 0 Å². The van der Waals surface area contributed by atoms with Crippen molar-refractivity contribution in [3.8, 4) is 28.5 Å². The molecule has 0 saturated carbocycles. The van der Waals surface area contributed by atoms with Gasteiger partial charge in [0.1, 0.15) is 0 Å². The van der Waals surface area contributed by atoms with Crippen LogP contribution < -0.4 is 19.5 Å². The average molecular weight is 463 g/mol. The van der Waals surface area contributed by atoms with Gasteiger partial charge in [0.2, 0.25) is 5.75 Å². The summed E-state index contributed by atoms with van der Waals surface area (Å²) in [4.78, 5) is 18.0. The highest BCUT2D eigenvalue weighted by atomic mass is 35.5. The first kappa shape index (κ1) is 22.4. The molecule has 1 heterocycles. The molecule has 4 rings (SSSR count). The van der Waals surface area contributed by atoms with E-state index in [2.05, 4.69) is 5.32 Å². The summed E-state index contributed by atoms with van der Waals surface area (Å²) >= 11 is 5.95. The third kappa shape index (κ3) is 4.71. The third-order valence-corrected chi connectivity index (χ3v) is 5.54. The van der Waals surface area contributed by atoms with E-state index in [1.54, 1.807) is 39.5 Å². The molecule has 0 unspecified atom stereocenters. The van der Waals surface area contributed by atoms with Gasteiger partial charge in [-0.1, -0.05) is 41.9 Å². The van der Waals surface area contributed by atoms with Crippen LogP contribution in [0, 0.1) is 0 Å². The van der Waals surface area contributed by atoms with E-state index in [0.29, 0.717) is 45.6 Å². The number of halogens is 1. The second kappa shape index (κ2) is 9.79. The molecule has 0 spiro atoms. The molecule has 1 N–H and O–H groups in total. The molecular weight excluding hydrogens is 440 g/mol. The van der Waals surface area contributed by atoms with Gasteiger partial charge in [0.05, 0.1) is 38.1 Å². The largest absolute Gasteiger partial charge is 0.493 e. The fourth-order valence-electron chi connectivity index (χ4n) is 3.62. The molecule has 6 nitrogen and oxygen atoms in total. The molecule has 1 aromatic heterocycles. The van der Waals surface area contributed by atoms with Gasteiger partial charge in [-0.15, -0.1) is 0 Å². The maximum atomic E-state index is 13.2. The molecule has 33 heavy (non-hydrogen) atoms. The zero-order chi connectivity index (χ0) is 23.4. The lowest BCUT2D eigenvalue weighted by atomic mass is 10.0. The molecule has 4 aromatic rings. The summed E-state index contributed by atoms with van der Waals surface area (Å²) in [5.74, 6) is 1.31. The summed E-state index contributed by atoms with van der Waals surface area (Å²) in [5.41, 5.74) is 3.54. The minimum Gasteiger partial charge on any atom is -0.493 e. The summed E-state index contributed by atoms with van der Waals surface area (Å²) in [6.45, 7) is 0.381. The first-order chi connectivity index (χ1) is 16.0. The summed E-state index contributed by atoms with van der Waals surface area (Å²) in [7, 11) is 4.67. The number of benzene rings is 3. The maximum Gasteiger partial charge on any atom is 0.252 e. The highest BCUT2D eigenvalue weighted by molar-refractivity contribution is 6.30. The Labute approximate surface area is 197 Å². The second-order valence-electron chi connectivity index (χ2n) is 7.30. The number of methoxy groups -OCH3 is 3. The van der Waals surface area contributed by atoms with Crippen molar-refractivity contribution in [2.75, 3.05) is 21.3 Å². The lowest BCUT2D eigenvalue weighted by molar-refractivity contribution is 0.0952. The molecule has 0 fully saturated rings. The Kier molecular flexibility index (Phi) is 6.66. The zero-order valence-corrected chi connectivity index (χ0v) is 19.3. The number of nitrogens with one attached hydrogen (secondary N) is 1. The van der Waals surface area contributed by atoms with Gasteiger partial charge in [0.15, 0.2) is 11.5 Å². The van der Waals surface area contributed by atoms with Crippen LogP contribution in [-0.4, -0.2) is 32.2 Å². The Balaban J connectivity index is 1.76. The molecule has 0 atom stereocenters. The summed E-state index contributed by atoms with van der Waals surface area (Å²) < 4.78 is 16.4. The maximum absolute atomic E-state index is 13.2. The van der Waals surface area contributed by atoms with E-state index in [1.807, 2.05) is 48.5 Å². The number of pyridine rings is 1. The van der Waals surface area contributed by atoms with Crippen LogP contribution in [0.1, 0.15) is 15.9 Å². The first-order valence-corrected chi connectivity index (χ1v) is 10.6. The standard InChI is InChI=1S/C26H23ClN2O4/c1-31-23-12-17(13-24(32-2)25(23)33-3)22-14-20(19-6-4-5-7-21(19)29-22)26(30)28-15-16-8-10-18(27)11-9-16/h4-14H,15H2,1-3H3,(H,28,30). The van der Waals surface area contributed by atoms with Crippen LogP contribution >= 0.6 is 11.6 Å². The zero-order valence-electron chi connectivity index (χ0n) is 18.5. The molecule has 0 aliphatic heterocycles. The highest BCUT2D eigenvalue weighted by Crippen LogP contribution is 2.41. The Bertz CT molecular complexity index is 1280. The number of amides is 1. The molecule has 0 bridgehead atoms. The van der Waals surface area contributed by atoms with E-state index in [9.17, 15) is 4.79 Å². The first-order valence-electron chi connectivity index (χ1n) is 10.3. The van der Waals surface area contributed by atoms with Crippen LogP contribution in [0.15, 0.2) is 66.7 Å². The molecule has 7 heteroatoms. The molecule has 0 saturated heterocycles. The fraction of sp³-hybridized carbons (Fsp3) is 0.154. The van der Waals surface area contributed by atoms with Gasteiger partial charge in [-0.25, -0.2) is 4.98 Å². The van der Waals surface area contributed by atoms with E-state index >= 15 is 0 Å². The summed E-state index contributed by atoms with van der Waals surface area (Å²) in [6, 6.07) is 20.3. The number of rotatable bonds is 7. The van der Waals surface area contributed by atoms with Crippen molar-refractivity contribution in [3.63, 3.8) is 0 Å². The van der Waals surface area contributed by atoms with Gasteiger partial charge in [-0.3, -0.25) is 4.79 Å². The second-order valence-corrected chi connectivity index (χ2v) is 7.73. The SMILES string of the molecule is COc1cc(-c2cc(C(=O)NCc3ccc(Cl)cc3)c3ccccc3n2)cc(OC)c1OC. The van der Waals surface area contributed by atoms with Crippen molar-refractivity contribution in [1.82, 2.24) is 10.3 Å².